The van der Waals surface area contributed by atoms with Gasteiger partial charge in [0.25, 0.3) is 5.56 Å². The summed E-state index contributed by atoms with van der Waals surface area (Å²) in [6.45, 7) is 2.58. The van der Waals surface area contributed by atoms with Gasteiger partial charge in [0.05, 0.1) is 13.2 Å². The second-order valence-corrected chi connectivity index (χ2v) is 7.03. The molecule has 5 rings (SSSR count). The van der Waals surface area contributed by atoms with E-state index in [1.807, 2.05) is 41.3 Å². The molecule has 2 aromatic heterocycles. The van der Waals surface area contributed by atoms with Crippen LogP contribution in [0.25, 0.3) is 27.5 Å². The molecule has 28 heavy (non-hydrogen) atoms. The Balaban J connectivity index is 1.65. The highest BCUT2D eigenvalue weighted by atomic mass is 32.1. The summed E-state index contributed by atoms with van der Waals surface area (Å²) in [5.41, 5.74) is 0.932. The van der Waals surface area contributed by atoms with Gasteiger partial charge in [0.15, 0.2) is 5.65 Å². The molecule has 1 fully saturated rings. The third kappa shape index (κ3) is 2.87. The fraction of sp³-hybridized carbons (Fsp3) is 0.200. The molecule has 0 amide bonds. The number of aromatic amines is 1. The predicted molar refractivity (Wildman–Crippen MR) is 111 cm³/mol. The van der Waals surface area contributed by atoms with Crippen LogP contribution in [0.2, 0.25) is 0 Å². The van der Waals surface area contributed by atoms with E-state index in [-0.39, 0.29) is 5.56 Å². The topological polar surface area (TPSA) is 76.0 Å². The number of nitrogens with zero attached hydrogens (tertiary/aromatic N) is 4. The number of benzene rings is 2. The van der Waals surface area contributed by atoms with Gasteiger partial charge in [-0.1, -0.05) is 42.5 Å². The molecule has 1 saturated heterocycles. The SMILES string of the molecule is O=c1[nH]c(N2CCOCC2)nc2ncn(-c3ccc4ccccc4c3)c(=S)c12. The summed E-state index contributed by atoms with van der Waals surface area (Å²) < 4.78 is 7.49. The Kier molecular flexibility index (Phi) is 4.14. The van der Waals surface area contributed by atoms with Gasteiger partial charge in [-0.3, -0.25) is 14.3 Å². The number of rotatable bonds is 2. The largest absolute Gasteiger partial charge is 0.378 e. The van der Waals surface area contributed by atoms with Crippen LogP contribution in [-0.2, 0) is 4.74 Å². The van der Waals surface area contributed by atoms with Gasteiger partial charge in [-0.25, -0.2) is 4.98 Å². The molecule has 1 aliphatic rings. The summed E-state index contributed by atoms with van der Waals surface area (Å²) >= 11 is 5.62. The van der Waals surface area contributed by atoms with Gasteiger partial charge in [0.1, 0.15) is 16.4 Å². The molecule has 0 aliphatic carbocycles. The van der Waals surface area contributed by atoms with Crippen LogP contribution >= 0.6 is 12.2 Å². The zero-order valence-electron chi connectivity index (χ0n) is 15.0. The Morgan fingerprint density at radius 3 is 2.68 bits per heavy atom. The lowest BCUT2D eigenvalue weighted by Crippen LogP contribution is -2.38. The average molecular weight is 391 g/mol. The van der Waals surface area contributed by atoms with Crippen molar-refractivity contribution < 1.29 is 4.74 Å². The van der Waals surface area contributed by atoms with E-state index >= 15 is 0 Å². The highest BCUT2D eigenvalue weighted by Crippen LogP contribution is 2.20. The van der Waals surface area contributed by atoms with Crippen LogP contribution in [0, 0.1) is 4.64 Å². The first-order chi connectivity index (χ1) is 13.7. The van der Waals surface area contributed by atoms with E-state index in [1.165, 1.54) is 0 Å². The molecule has 140 valence electrons. The van der Waals surface area contributed by atoms with Crippen LogP contribution in [-0.4, -0.2) is 45.8 Å². The van der Waals surface area contributed by atoms with Crippen LogP contribution in [0.15, 0.2) is 53.6 Å². The van der Waals surface area contributed by atoms with Gasteiger partial charge >= 0.3 is 0 Å². The van der Waals surface area contributed by atoms with E-state index in [0.29, 0.717) is 47.9 Å². The van der Waals surface area contributed by atoms with E-state index < -0.39 is 0 Å². The monoisotopic (exact) mass is 391 g/mol. The molecule has 0 saturated carbocycles. The highest BCUT2D eigenvalue weighted by molar-refractivity contribution is 7.71. The first-order valence-electron chi connectivity index (χ1n) is 9.04. The lowest BCUT2D eigenvalue weighted by molar-refractivity contribution is 0.122. The van der Waals surface area contributed by atoms with Crippen molar-refractivity contribution in [3.63, 3.8) is 0 Å². The first-order valence-corrected chi connectivity index (χ1v) is 9.45. The number of morpholine rings is 1. The molecule has 4 aromatic rings. The highest BCUT2D eigenvalue weighted by Gasteiger charge is 2.16. The summed E-state index contributed by atoms with van der Waals surface area (Å²) in [6.07, 6.45) is 1.63. The number of aromatic nitrogens is 4. The summed E-state index contributed by atoms with van der Waals surface area (Å²) in [7, 11) is 0. The van der Waals surface area contributed by atoms with Crippen molar-refractivity contribution in [1.29, 1.82) is 0 Å². The van der Waals surface area contributed by atoms with Crippen molar-refractivity contribution in [2.45, 2.75) is 0 Å². The maximum Gasteiger partial charge on any atom is 0.264 e. The molecule has 0 unspecified atom stereocenters. The predicted octanol–water partition coefficient (Wildman–Crippen LogP) is 2.83. The molecule has 7 nitrogen and oxygen atoms in total. The van der Waals surface area contributed by atoms with Crippen LogP contribution in [0.4, 0.5) is 5.95 Å². The van der Waals surface area contributed by atoms with Gasteiger partial charge in [-0.2, -0.15) is 4.98 Å². The van der Waals surface area contributed by atoms with E-state index in [4.69, 9.17) is 17.0 Å². The maximum absolute atomic E-state index is 12.8. The average Bonchev–Trinajstić information content (AvgIpc) is 2.74. The number of hydrogen-bond donors (Lipinski definition) is 1. The minimum atomic E-state index is -0.279. The van der Waals surface area contributed by atoms with Crippen molar-refractivity contribution in [3.05, 3.63) is 63.8 Å². The molecular weight excluding hydrogens is 374 g/mol. The van der Waals surface area contributed by atoms with Gasteiger partial charge in [-0.05, 0) is 22.9 Å². The normalized spacial score (nSPS) is 14.6. The molecule has 0 bridgehead atoms. The van der Waals surface area contributed by atoms with Crippen LogP contribution in [0.1, 0.15) is 0 Å². The quantitative estimate of drug-likeness (QED) is 0.530. The molecule has 0 radical (unpaired) electrons. The van der Waals surface area contributed by atoms with Gasteiger partial charge in [-0.15, -0.1) is 0 Å². The summed E-state index contributed by atoms with van der Waals surface area (Å²) in [5.74, 6) is 0.506. The third-order valence-electron chi connectivity index (χ3n) is 4.94. The van der Waals surface area contributed by atoms with E-state index in [2.05, 4.69) is 21.0 Å². The standard InChI is InChI=1S/C20H17N5O2S/c26-18-16-17(22-20(23-18)24-7-9-27-10-8-24)21-12-25(19(16)28)15-6-5-13-3-1-2-4-14(13)11-15/h1-6,11-12H,7-10H2,(H,22,23,26). The van der Waals surface area contributed by atoms with Crippen LogP contribution in [0.3, 0.4) is 0 Å². The van der Waals surface area contributed by atoms with Crippen LogP contribution in [0.5, 0.6) is 0 Å². The lowest BCUT2D eigenvalue weighted by Gasteiger charge is -2.27. The van der Waals surface area contributed by atoms with Gasteiger partial charge in [0, 0.05) is 18.8 Å². The molecule has 1 aliphatic heterocycles. The van der Waals surface area contributed by atoms with E-state index in [1.54, 1.807) is 10.9 Å². The third-order valence-corrected chi connectivity index (χ3v) is 5.34. The minimum absolute atomic E-state index is 0.279. The number of fused-ring (bicyclic) bond motifs is 2. The Bertz CT molecular complexity index is 1310. The first kappa shape index (κ1) is 17.0. The van der Waals surface area contributed by atoms with E-state index in [9.17, 15) is 4.79 Å². The molecular formula is C20H17N5O2S. The molecule has 3 heterocycles. The number of nitrogens with one attached hydrogen (secondary N) is 1. The zero-order chi connectivity index (χ0) is 19.1. The Morgan fingerprint density at radius 1 is 1.07 bits per heavy atom. The minimum Gasteiger partial charge on any atom is -0.378 e. The number of ether oxygens (including phenoxy) is 1. The zero-order valence-corrected chi connectivity index (χ0v) is 15.8. The molecule has 0 atom stereocenters. The smallest absolute Gasteiger partial charge is 0.264 e. The maximum atomic E-state index is 12.8. The van der Waals surface area contributed by atoms with Crippen LogP contribution < -0.4 is 10.5 Å². The number of hydrogen-bond acceptors (Lipinski definition) is 6. The second-order valence-electron chi connectivity index (χ2n) is 6.64. The fourth-order valence-corrected chi connectivity index (χ4v) is 3.79. The molecule has 2 aromatic carbocycles. The second kappa shape index (κ2) is 6.81. The van der Waals surface area contributed by atoms with Crippen molar-refractivity contribution in [3.8, 4) is 5.69 Å². The van der Waals surface area contributed by atoms with Crippen molar-refractivity contribution in [1.82, 2.24) is 19.5 Å². The summed E-state index contributed by atoms with van der Waals surface area (Å²) in [4.78, 5) is 26.6. The van der Waals surface area contributed by atoms with Crippen molar-refractivity contribution in [2.24, 2.45) is 0 Å². The molecule has 0 spiro atoms. The molecule has 1 N–H and O–H groups in total. The van der Waals surface area contributed by atoms with Crippen molar-refractivity contribution in [2.75, 3.05) is 31.2 Å². The van der Waals surface area contributed by atoms with Gasteiger partial charge in [0.2, 0.25) is 5.95 Å². The Hall–Kier alpha value is -3.10. The Labute approximate surface area is 165 Å². The van der Waals surface area contributed by atoms with Gasteiger partial charge < -0.3 is 9.64 Å². The number of H-pyrrole nitrogens is 1. The fourth-order valence-electron chi connectivity index (χ4n) is 3.46. The lowest BCUT2D eigenvalue weighted by atomic mass is 10.1. The molecule has 8 heteroatoms. The summed E-state index contributed by atoms with van der Waals surface area (Å²) in [6, 6.07) is 14.1. The summed E-state index contributed by atoms with van der Waals surface area (Å²) in [5, 5.41) is 2.56. The number of anilines is 1. The van der Waals surface area contributed by atoms with Crippen molar-refractivity contribution >= 4 is 40.0 Å². The Morgan fingerprint density at radius 2 is 1.86 bits per heavy atom. The van der Waals surface area contributed by atoms with E-state index in [0.717, 1.165) is 16.5 Å².